The van der Waals surface area contributed by atoms with Crippen LogP contribution in [-0.2, 0) is 33.0 Å². The van der Waals surface area contributed by atoms with Crippen LogP contribution in [0.1, 0.15) is 50.3 Å². The molecular formula is C19H23F6NO4. The van der Waals surface area contributed by atoms with Gasteiger partial charge < -0.3 is 14.8 Å². The van der Waals surface area contributed by atoms with Crippen molar-refractivity contribution in [1.82, 2.24) is 5.32 Å². The van der Waals surface area contributed by atoms with E-state index in [4.69, 9.17) is 4.74 Å². The minimum atomic E-state index is -4.94. The first kappa shape index (κ1) is 25.6. The molecule has 0 aliphatic carbocycles. The van der Waals surface area contributed by atoms with Crippen LogP contribution in [0.3, 0.4) is 0 Å². The van der Waals surface area contributed by atoms with Crippen LogP contribution in [0.25, 0.3) is 0 Å². The van der Waals surface area contributed by atoms with Gasteiger partial charge in [0.2, 0.25) is 0 Å². The lowest BCUT2D eigenvalue weighted by Gasteiger charge is -2.22. The number of alkyl halides is 6. The molecule has 5 nitrogen and oxygen atoms in total. The highest BCUT2D eigenvalue weighted by Gasteiger charge is 2.36. The van der Waals surface area contributed by atoms with Gasteiger partial charge in [0, 0.05) is 0 Å². The third kappa shape index (κ3) is 8.50. The summed E-state index contributed by atoms with van der Waals surface area (Å²) >= 11 is 0. The third-order valence-electron chi connectivity index (χ3n) is 3.78. The van der Waals surface area contributed by atoms with Crippen LogP contribution in [-0.4, -0.2) is 30.8 Å². The van der Waals surface area contributed by atoms with Gasteiger partial charge in [-0.3, -0.25) is 0 Å². The van der Waals surface area contributed by atoms with E-state index in [1.807, 2.05) is 0 Å². The first-order valence-electron chi connectivity index (χ1n) is 8.88. The monoisotopic (exact) mass is 443 g/mol. The van der Waals surface area contributed by atoms with E-state index < -0.39 is 47.2 Å². The van der Waals surface area contributed by atoms with Crippen LogP contribution in [0.5, 0.6) is 0 Å². The first-order chi connectivity index (χ1) is 13.5. The minimum absolute atomic E-state index is 0.00811. The van der Waals surface area contributed by atoms with Crippen molar-refractivity contribution >= 4 is 12.1 Å². The predicted octanol–water partition coefficient (Wildman–Crippen LogP) is 5.11. The van der Waals surface area contributed by atoms with Crippen molar-refractivity contribution < 1.29 is 45.4 Å². The summed E-state index contributed by atoms with van der Waals surface area (Å²) in [5.74, 6) is -0.819. The van der Waals surface area contributed by atoms with Crippen LogP contribution in [0.15, 0.2) is 18.2 Å². The number of halogens is 6. The van der Waals surface area contributed by atoms with Crippen molar-refractivity contribution in [1.29, 1.82) is 0 Å². The Morgan fingerprint density at radius 2 is 1.47 bits per heavy atom. The van der Waals surface area contributed by atoms with Crippen LogP contribution < -0.4 is 5.32 Å². The van der Waals surface area contributed by atoms with Gasteiger partial charge in [0.05, 0.1) is 18.2 Å². The van der Waals surface area contributed by atoms with E-state index in [-0.39, 0.29) is 30.9 Å². The number of hydrogen-bond donors (Lipinski definition) is 1. The molecule has 0 unspecified atom stereocenters. The second-order valence-corrected chi connectivity index (χ2v) is 7.53. The Labute approximate surface area is 169 Å². The van der Waals surface area contributed by atoms with Crippen LogP contribution in [0, 0.1) is 0 Å². The maximum Gasteiger partial charge on any atom is 0.416 e. The number of aryl methyl sites for hydroxylation is 1. The lowest BCUT2D eigenvalue weighted by Crippen LogP contribution is -2.44. The number of nitrogens with one attached hydrogen (secondary N) is 1. The van der Waals surface area contributed by atoms with Crippen LogP contribution in [0.4, 0.5) is 31.1 Å². The summed E-state index contributed by atoms with van der Waals surface area (Å²) in [5, 5.41) is 2.29. The van der Waals surface area contributed by atoms with Gasteiger partial charge >= 0.3 is 24.4 Å². The average Bonchev–Trinajstić information content (AvgIpc) is 2.56. The van der Waals surface area contributed by atoms with Gasteiger partial charge in [-0.05, 0) is 63.8 Å². The highest BCUT2D eigenvalue weighted by Crippen LogP contribution is 2.36. The van der Waals surface area contributed by atoms with Crippen LogP contribution >= 0.6 is 0 Å². The minimum Gasteiger partial charge on any atom is -0.467 e. The second-order valence-electron chi connectivity index (χ2n) is 7.53. The lowest BCUT2D eigenvalue weighted by atomic mass is 9.99. The fourth-order valence-corrected chi connectivity index (χ4v) is 2.51. The van der Waals surface area contributed by atoms with Gasteiger partial charge in [-0.1, -0.05) is 0 Å². The summed E-state index contributed by atoms with van der Waals surface area (Å²) in [6.45, 7) is 4.81. The molecule has 0 radical (unpaired) electrons. The van der Waals surface area contributed by atoms with Crippen molar-refractivity contribution in [2.24, 2.45) is 0 Å². The number of ether oxygens (including phenoxy) is 2. The number of esters is 1. The number of benzene rings is 1. The van der Waals surface area contributed by atoms with Crippen molar-refractivity contribution in [3.05, 3.63) is 34.9 Å². The standard InChI is InChI=1S/C19H23F6NO4/c1-17(2,3)30-16(28)26-14(15(27)29-4)7-5-6-11-8-12(18(20,21)22)10-13(9-11)19(23,24)25/h8-10,14H,5-7H2,1-4H3,(H,26,28)/t14-/m0/s1. The molecule has 30 heavy (non-hydrogen) atoms. The zero-order valence-corrected chi connectivity index (χ0v) is 16.8. The van der Waals surface area contributed by atoms with Crippen LogP contribution in [0.2, 0.25) is 0 Å². The van der Waals surface area contributed by atoms with Crippen molar-refractivity contribution in [2.45, 2.75) is 64.0 Å². The number of amides is 1. The van der Waals surface area contributed by atoms with Crippen molar-refractivity contribution in [3.8, 4) is 0 Å². The van der Waals surface area contributed by atoms with Gasteiger partial charge in [-0.15, -0.1) is 0 Å². The smallest absolute Gasteiger partial charge is 0.416 e. The summed E-state index contributed by atoms with van der Waals surface area (Å²) in [5.41, 5.74) is -3.86. The zero-order chi connectivity index (χ0) is 23.3. The van der Waals surface area contributed by atoms with E-state index in [0.29, 0.717) is 12.1 Å². The van der Waals surface area contributed by atoms with E-state index in [0.717, 1.165) is 7.11 Å². The van der Waals surface area contributed by atoms with Gasteiger partial charge in [0.1, 0.15) is 11.6 Å². The molecule has 0 saturated heterocycles. The molecule has 1 amide bonds. The van der Waals surface area contributed by atoms with E-state index in [1.165, 1.54) is 0 Å². The highest BCUT2D eigenvalue weighted by molar-refractivity contribution is 5.81. The molecule has 0 fully saturated rings. The first-order valence-corrected chi connectivity index (χ1v) is 8.88. The molecule has 0 bridgehead atoms. The fraction of sp³-hybridized carbons (Fsp3) is 0.579. The topological polar surface area (TPSA) is 64.6 Å². The Balaban J connectivity index is 2.92. The molecule has 1 N–H and O–H groups in total. The molecule has 1 aromatic rings. The molecule has 0 heterocycles. The van der Waals surface area contributed by atoms with E-state index >= 15 is 0 Å². The Hall–Kier alpha value is -2.46. The Morgan fingerprint density at radius 3 is 1.87 bits per heavy atom. The number of rotatable bonds is 6. The number of methoxy groups -OCH3 is 1. The molecule has 170 valence electrons. The largest absolute Gasteiger partial charge is 0.467 e. The molecule has 1 aromatic carbocycles. The number of carbonyl (C=O) groups is 2. The summed E-state index contributed by atoms with van der Waals surface area (Å²) in [6, 6.07) is 0.135. The molecule has 0 aromatic heterocycles. The SMILES string of the molecule is COC(=O)[C@H](CCCc1cc(C(F)(F)F)cc(C(F)(F)F)c1)NC(=O)OC(C)(C)C. The predicted molar refractivity (Wildman–Crippen MR) is 94.6 cm³/mol. The quantitative estimate of drug-likeness (QED) is 0.490. The summed E-state index contributed by atoms with van der Waals surface area (Å²) in [4.78, 5) is 23.7. The zero-order valence-electron chi connectivity index (χ0n) is 16.8. The molecule has 0 spiro atoms. The van der Waals surface area contributed by atoms with Gasteiger partial charge in [0.25, 0.3) is 0 Å². The summed E-state index contributed by atoms with van der Waals surface area (Å²) in [6.07, 6.45) is -11.0. The molecule has 0 saturated carbocycles. The second kappa shape index (κ2) is 9.57. The summed E-state index contributed by atoms with van der Waals surface area (Å²) in [7, 11) is 1.08. The summed E-state index contributed by atoms with van der Waals surface area (Å²) < 4.78 is 87.2. The molecule has 1 atom stereocenters. The molecular weight excluding hydrogens is 420 g/mol. The Morgan fingerprint density at radius 1 is 0.967 bits per heavy atom. The third-order valence-corrected chi connectivity index (χ3v) is 3.78. The Kier molecular flexibility index (Phi) is 8.16. The van der Waals surface area contributed by atoms with Crippen molar-refractivity contribution in [2.75, 3.05) is 7.11 Å². The maximum absolute atomic E-state index is 12.9. The van der Waals surface area contributed by atoms with Gasteiger partial charge in [-0.25, -0.2) is 9.59 Å². The Bertz CT molecular complexity index is 721. The number of hydrogen-bond acceptors (Lipinski definition) is 4. The van der Waals surface area contributed by atoms with E-state index in [9.17, 15) is 35.9 Å². The maximum atomic E-state index is 12.9. The van der Waals surface area contributed by atoms with E-state index in [2.05, 4.69) is 10.1 Å². The van der Waals surface area contributed by atoms with E-state index in [1.54, 1.807) is 20.8 Å². The van der Waals surface area contributed by atoms with Gasteiger partial charge in [-0.2, -0.15) is 26.3 Å². The van der Waals surface area contributed by atoms with Gasteiger partial charge in [0.15, 0.2) is 0 Å². The number of alkyl carbamates (subject to hydrolysis) is 1. The number of carbonyl (C=O) groups excluding carboxylic acids is 2. The molecule has 1 rings (SSSR count). The molecule has 11 heteroatoms. The lowest BCUT2D eigenvalue weighted by molar-refractivity contribution is -0.144. The normalized spacial score (nSPS) is 13.5. The van der Waals surface area contributed by atoms with Crippen molar-refractivity contribution in [3.63, 3.8) is 0 Å². The average molecular weight is 443 g/mol. The fourth-order valence-electron chi connectivity index (χ4n) is 2.51. The molecule has 0 aliphatic heterocycles. The molecule has 0 aliphatic rings. The highest BCUT2D eigenvalue weighted by atomic mass is 19.4.